The summed E-state index contributed by atoms with van der Waals surface area (Å²) in [6, 6.07) is 10.9. The van der Waals surface area contributed by atoms with Crippen LogP contribution in [0.5, 0.6) is 0 Å². The highest BCUT2D eigenvalue weighted by Gasteiger charge is 2.30. The molecule has 1 unspecified atom stereocenters. The highest BCUT2D eigenvalue weighted by Crippen LogP contribution is 2.32. The van der Waals surface area contributed by atoms with E-state index >= 15 is 0 Å². The molecule has 2 aromatic rings. The number of benzene rings is 1. The number of alkyl halides is 1. The molecule has 1 heterocycles. The molecule has 120 valence electrons. The van der Waals surface area contributed by atoms with E-state index in [4.69, 9.17) is 0 Å². The summed E-state index contributed by atoms with van der Waals surface area (Å²) in [6.45, 7) is 3.42. The average molecular weight is 324 g/mol. The van der Waals surface area contributed by atoms with Crippen LogP contribution in [0.15, 0.2) is 42.6 Å². The summed E-state index contributed by atoms with van der Waals surface area (Å²) in [6.07, 6.45) is 1.61. The average Bonchev–Trinajstić information content (AvgIpc) is 2.86. The number of hydrogen-bond acceptors (Lipinski definition) is 3. The molecule has 0 aliphatic carbocycles. The molecule has 0 aliphatic rings. The quantitative estimate of drug-likeness (QED) is 0.786. The molecule has 22 heavy (non-hydrogen) atoms. The van der Waals surface area contributed by atoms with Crippen molar-refractivity contribution in [3.63, 3.8) is 0 Å². The fraction of sp³-hybridized carbons (Fsp3) is 0.438. The zero-order valence-corrected chi connectivity index (χ0v) is 13.6. The minimum Gasteiger partial charge on any atom is -0.270 e. The largest absolute Gasteiger partial charge is 0.270 e. The van der Waals surface area contributed by atoms with Crippen LogP contribution < -0.4 is 0 Å². The van der Waals surface area contributed by atoms with Gasteiger partial charge in [-0.2, -0.15) is 5.10 Å². The highest BCUT2D eigenvalue weighted by atomic mass is 32.2. The summed E-state index contributed by atoms with van der Waals surface area (Å²) >= 11 is 0. The van der Waals surface area contributed by atoms with Crippen LogP contribution >= 0.6 is 0 Å². The van der Waals surface area contributed by atoms with E-state index in [1.165, 1.54) is 4.68 Å². The molecule has 0 saturated heterocycles. The molecular formula is C16H21FN2O2S. The van der Waals surface area contributed by atoms with Crippen LogP contribution in [0.3, 0.4) is 0 Å². The second kappa shape index (κ2) is 7.05. The van der Waals surface area contributed by atoms with Gasteiger partial charge in [0.05, 0.1) is 23.2 Å². The fourth-order valence-electron chi connectivity index (χ4n) is 2.64. The van der Waals surface area contributed by atoms with E-state index in [-0.39, 0.29) is 18.2 Å². The SMILES string of the molecule is CC(C)C(c1ccccc1)S(=O)(=O)Cc1ccn(CCF)n1. The topological polar surface area (TPSA) is 52.0 Å². The molecule has 0 saturated carbocycles. The Bertz CT molecular complexity index is 696. The standard InChI is InChI=1S/C16H21FN2O2S/c1-13(2)16(14-6-4-3-5-7-14)22(20,21)12-15-8-10-19(18-15)11-9-17/h3-8,10,13,16H,9,11-12H2,1-2H3. The Morgan fingerprint density at radius 1 is 1.18 bits per heavy atom. The van der Waals surface area contributed by atoms with Crippen molar-refractivity contribution in [2.24, 2.45) is 5.92 Å². The van der Waals surface area contributed by atoms with Gasteiger partial charge >= 0.3 is 0 Å². The lowest BCUT2D eigenvalue weighted by Crippen LogP contribution is -2.20. The van der Waals surface area contributed by atoms with Crippen LogP contribution in [0.2, 0.25) is 0 Å². The number of aromatic nitrogens is 2. The first-order valence-electron chi connectivity index (χ1n) is 7.29. The first kappa shape index (κ1) is 16.7. The molecule has 4 nitrogen and oxygen atoms in total. The van der Waals surface area contributed by atoms with Gasteiger partial charge in [0.1, 0.15) is 6.67 Å². The summed E-state index contributed by atoms with van der Waals surface area (Å²) in [7, 11) is -3.40. The van der Waals surface area contributed by atoms with Gasteiger partial charge < -0.3 is 0 Å². The van der Waals surface area contributed by atoms with E-state index in [1.54, 1.807) is 12.3 Å². The molecule has 0 N–H and O–H groups in total. The van der Waals surface area contributed by atoms with Crippen LogP contribution in [-0.2, 0) is 22.1 Å². The van der Waals surface area contributed by atoms with Crippen LogP contribution in [0.25, 0.3) is 0 Å². The molecule has 1 aromatic carbocycles. The third kappa shape index (κ3) is 3.94. The van der Waals surface area contributed by atoms with E-state index in [0.717, 1.165) is 5.56 Å². The number of sulfone groups is 1. The van der Waals surface area contributed by atoms with E-state index in [1.807, 2.05) is 44.2 Å². The Morgan fingerprint density at radius 2 is 1.86 bits per heavy atom. The van der Waals surface area contributed by atoms with Gasteiger partial charge in [0.15, 0.2) is 9.84 Å². The van der Waals surface area contributed by atoms with Crippen molar-refractivity contribution >= 4 is 9.84 Å². The van der Waals surface area contributed by atoms with Crippen LogP contribution in [0.1, 0.15) is 30.4 Å². The smallest absolute Gasteiger partial charge is 0.163 e. The third-order valence-corrected chi connectivity index (χ3v) is 5.77. The lowest BCUT2D eigenvalue weighted by Gasteiger charge is -2.21. The monoisotopic (exact) mass is 324 g/mol. The van der Waals surface area contributed by atoms with Crippen molar-refractivity contribution in [2.75, 3.05) is 6.67 Å². The second-order valence-electron chi connectivity index (χ2n) is 5.64. The van der Waals surface area contributed by atoms with Gasteiger partial charge in [-0.15, -0.1) is 0 Å². The van der Waals surface area contributed by atoms with Gasteiger partial charge in [-0.3, -0.25) is 4.68 Å². The molecule has 1 aromatic heterocycles. The summed E-state index contributed by atoms with van der Waals surface area (Å²) in [5.41, 5.74) is 1.25. The first-order valence-corrected chi connectivity index (χ1v) is 9.00. The molecule has 0 aliphatic heterocycles. The van der Waals surface area contributed by atoms with Crippen molar-refractivity contribution in [1.82, 2.24) is 9.78 Å². The minimum atomic E-state index is -3.40. The fourth-order valence-corrected chi connectivity index (χ4v) is 4.78. The Labute approximate surface area is 130 Å². The van der Waals surface area contributed by atoms with Gasteiger partial charge in [0, 0.05) is 6.20 Å². The summed E-state index contributed by atoms with van der Waals surface area (Å²) in [4.78, 5) is 0. The minimum absolute atomic E-state index is 0.0414. The molecule has 0 radical (unpaired) electrons. The molecule has 0 amide bonds. The maximum absolute atomic E-state index is 12.8. The first-order chi connectivity index (χ1) is 10.4. The van der Waals surface area contributed by atoms with E-state index in [2.05, 4.69) is 5.10 Å². The maximum atomic E-state index is 12.8. The van der Waals surface area contributed by atoms with Gasteiger partial charge in [-0.25, -0.2) is 12.8 Å². The Kier molecular flexibility index (Phi) is 5.34. The lowest BCUT2D eigenvalue weighted by molar-refractivity contribution is 0.426. The Hall–Kier alpha value is -1.69. The Balaban J connectivity index is 2.26. The molecular weight excluding hydrogens is 303 g/mol. The van der Waals surface area contributed by atoms with Crippen molar-refractivity contribution in [3.05, 3.63) is 53.9 Å². The molecule has 0 bridgehead atoms. The number of aryl methyl sites for hydroxylation is 1. The molecule has 0 spiro atoms. The predicted molar refractivity (Wildman–Crippen MR) is 84.8 cm³/mol. The summed E-state index contributed by atoms with van der Waals surface area (Å²) in [5.74, 6) is -0.176. The van der Waals surface area contributed by atoms with Crippen molar-refractivity contribution < 1.29 is 12.8 Å². The lowest BCUT2D eigenvalue weighted by atomic mass is 10.0. The number of rotatable bonds is 7. The normalized spacial score (nSPS) is 13.5. The van der Waals surface area contributed by atoms with Crippen LogP contribution in [-0.4, -0.2) is 24.9 Å². The molecule has 6 heteroatoms. The third-order valence-electron chi connectivity index (χ3n) is 3.48. The molecule has 1 atom stereocenters. The van der Waals surface area contributed by atoms with E-state index < -0.39 is 21.8 Å². The van der Waals surface area contributed by atoms with Crippen LogP contribution in [0, 0.1) is 5.92 Å². The molecule has 2 rings (SSSR count). The van der Waals surface area contributed by atoms with Crippen LogP contribution in [0.4, 0.5) is 4.39 Å². The summed E-state index contributed by atoms with van der Waals surface area (Å²) in [5, 5.41) is 3.55. The van der Waals surface area contributed by atoms with Crippen molar-refractivity contribution in [2.45, 2.75) is 31.4 Å². The van der Waals surface area contributed by atoms with Crippen molar-refractivity contribution in [1.29, 1.82) is 0 Å². The zero-order valence-electron chi connectivity index (χ0n) is 12.8. The van der Waals surface area contributed by atoms with Gasteiger partial charge in [0.2, 0.25) is 0 Å². The Morgan fingerprint density at radius 3 is 2.45 bits per heavy atom. The van der Waals surface area contributed by atoms with Gasteiger partial charge in [-0.05, 0) is 17.5 Å². The number of hydrogen-bond donors (Lipinski definition) is 0. The van der Waals surface area contributed by atoms with E-state index in [0.29, 0.717) is 5.69 Å². The number of halogens is 1. The predicted octanol–water partition coefficient (Wildman–Crippen LogP) is 3.16. The van der Waals surface area contributed by atoms with Gasteiger partial charge in [-0.1, -0.05) is 44.2 Å². The van der Waals surface area contributed by atoms with Crippen molar-refractivity contribution in [3.8, 4) is 0 Å². The maximum Gasteiger partial charge on any atom is 0.163 e. The number of nitrogens with zero attached hydrogens (tertiary/aromatic N) is 2. The molecule has 0 fully saturated rings. The second-order valence-corrected chi connectivity index (χ2v) is 7.76. The highest BCUT2D eigenvalue weighted by molar-refractivity contribution is 7.90. The summed E-state index contributed by atoms with van der Waals surface area (Å²) < 4.78 is 39.3. The van der Waals surface area contributed by atoms with E-state index in [9.17, 15) is 12.8 Å². The zero-order chi connectivity index (χ0) is 16.2. The van der Waals surface area contributed by atoms with Gasteiger partial charge in [0.25, 0.3) is 0 Å².